The molecule has 2 aromatic carbocycles. The van der Waals surface area contributed by atoms with Gasteiger partial charge >= 0.3 is 0 Å². The lowest BCUT2D eigenvalue weighted by Crippen LogP contribution is -2.40. The first-order valence-corrected chi connectivity index (χ1v) is 7.65. The highest BCUT2D eigenvalue weighted by molar-refractivity contribution is 6.18. The van der Waals surface area contributed by atoms with Crippen LogP contribution in [0.4, 0.5) is 10.1 Å². The lowest BCUT2D eigenvalue weighted by Gasteiger charge is -2.35. The number of phenols is 1. The Balaban J connectivity index is 2.37. The molecule has 3 rings (SSSR count). The lowest BCUT2D eigenvalue weighted by atomic mass is 9.95. The van der Waals surface area contributed by atoms with Crippen molar-refractivity contribution < 1.29 is 9.50 Å². The molecular weight excluding hydrogens is 289 g/mol. The number of rotatable bonds is 1. The van der Waals surface area contributed by atoms with Crippen LogP contribution in [0.2, 0.25) is 0 Å². The van der Waals surface area contributed by atoms with E-state index in [1.165, 1.54) is 6.07 Å². The zero-order chi connectivity index (χ0) is 15.4. The van der Waals surface area contributed by atoms with Gasteiger partial charge in [0.1, 0.15) is 11.6 Å². The van der Waals surface area contributed by atoms with E-state index >= 15 is 0 Å². The van der Waals surface area contributed by atoms with E-state index in [0.717, 1.165) is 17.8 Å². The van der Waals surface area contributed by atoms with Gasteiger partial charge in [-0.3, -0.25) is 0 Å². The van der Waals surface area contributed by atoms with Crippen LogP contribution in [0, 0.1) is 5.82 Å². The van der Waals surface area contributed by atoms with Crippen LogP contribution in [0.15, 0.2) is 24.3 Å². The van der Waals surface area contributed by atoms with Crippen molar-refractivity contribution >= 4 is 28.1 Å². The number of halogens is 2. The van der Waals surface area contributed by atoms with Crippen LogP contribution in [0.3, 0.4) is 0 Å². The Kier molecular flexibility index (Phi) is 3.28. The second kappa shape index (κ2) is 4.77. The normalized spacial score (nSPS) is 18.3. The molecule has 1 aliphatic heterocycles. The maximum Gasteiger partial charge on any atom is 0.131 e. The second-order valence-electron chi connectivity index (χ2n) is 6.62. The molecule has 4 heteroatoms. The van der Waals surface area contributed by atoms with Gasteiger partial charge in [0.15, 0.2) is 0 Å². The van der Waals surface area contributed by atoms with E-state index in [0.29, 0.717) is 16.7 Å². The molecule has 2 aromatic rings. The summed E-state index contributed by atoms with van der Waals surface area (Å²) in [6, 6.07) is 6.55. The molecular formula is C17H19ClFNO. The number of phenolic OH excluding ortho intramolecular Hbond substituents is 1. The summed E-state index contributed by atoms with van der Waals surface area (Å²) < 4.78 is 14.4. The average molecular weight is 308 g/mol. The molecule has 1 aliphatic rings. The molecule has 112 valence electrons. The number of hydrogen-bond acceptors (Lipinski definition) is 2. The van der Waals surface area contributed by atoms with Crippen LogP contribution in [-0.4, -0.2) is 23.1 Å². The van der Waals surface area contributed by atoms with Gasteiger partial charge in [0.25, 0.3) is 0 Å². The highest BCUT2D eigenvalue weighted by Gasteiger charge is 2.36. The Morgan fingerprint density at radius 3 is 2.71 bits per heavy atom. The third-order valence-electron chi connectivity index (χ3n) is 4.21. The molecule has 1 atom stereocenters. The van der Waals surface area contributed by atoms with Crippen molar-refractivity contribution in [2.75, 3.05) is 17.3 Å². The predicted octanol–water partition coefficient (Wildman–Crippen LogP) is 4.63. The SMILES string of the molecule is CC(C)(C)N1CC(CCl)c2c1cc(O)c1cccc(F)c21. The van der Waals surface area contributed by atoms with Gasteiger partial charge in [-0.25, -0.2) is 4.39 Å². The minimum atomic E-state index is -0.300. The van der Waals surface area contributed by atoms with Crippen LogP contribution in [-0.2, 0) is 0 Å². The highest BCUT2D eigenvalue weighted by Crippen LogP contribution is 2.47. The van der Waals surface area contributed by atoms with Crippen molar-refractivity contribution in [2.24, 2.45) is 0 Å². The Labute approximate surface area is 129 Å². The van der Waals surface area contributed by atoms with Crippen LogP contribution in [0.1, 0.15) is 32.3 Å². The summed E-state index contributed by atoms with van der Waals surface area (Å²) in [6.45, 7) is 7.07. The molecule has 0 fully saturated rings. The minimum Gasteiger partial charge on any atom is -0.507 e. The molecule has 21 heavy (non-hydrogen) atoms. The van der Waals surface area contributed by atoms with Gasteiger partial charge in [-0.2, -0.15) is 0 Å². The van der Waals surface area contributed by atoms with Crippen molar-refractivity contribution in [1.82, 2.24) is 0 Å². The monoisotopic (exact) mass is 307 g/mol. The van der Waals surface area contributed by atoms with Gasteiger partial charge in [-0.1, -0.05) is 12.1 Å². The van der Waals surface area contributed by atoms with Crippen molar-refractivity contribution in [2.45, 2.75) is 32.2 Å². The Morgan fingerprint density at radius 2 is 2.10 bits per heavy atom. The van der Waals surface area contributed by atoms with Gasteiger partial charge in [-0.05, 0) is 32.4 Å². The van der Waals surface area contributed by atoms with Crippen molar-refractivity contribution in [3.63, 3.8) is 0 Å². The van der Waals surface area contributed by atoms with E-state index in [1.807, 2.05) is 0 Å². The summed E-state index contributed by atoms with van der Waals surface area (Å²) in [5.41, 5.74) is 1.70. The summed E-state index contributed by atoms with van der Waals surface area (Å²) >= 11 is 6.13. The Bertz CT molecular complexity index is 708. The summed E-state index contributed by atoms with van der Waals surface area (Å²) in [5, 5.41) is 11.3. The average Bonchev–Trinajstić information content (AvgIpc) is 2.77. The quantitative estimate of drug-likeness (QED) is 0.777. The molecule has 0 saturated carbocycles. The topological polar surface area (TPSA) is 23.5 Å². The number of nitrogens with zero attached hydrogens (tertiary/aromatic N) is 1. The first-order valence-electron chi connectivity index (χ1n) is 7.12. The van der Waals surface area contributed by atoms with Gasteiger partial charge in [0, 0.05) is 46.4 Å². The Hall–Kier alpha value is -1.48. The van der Waals surface area contributed by atoms with Gasteiger partial charge in [0.2, 0.25) is 0 Å². The molecule has 0 radical (unpaired) electrons. The zero-order valence-electron chi connectivity index (χ0n) is 12.5. The first kappa shape index (κ1) is 14.5. The van der Waals surface area contributed by atoms with E-state index in [-0.39, 0.29) is 23.0 Å². The lowest BCUT2D eigenvalue weighted by molar-refractivity contribution is 0.479. The maximum absolute atomic E-state index is 14.4. The molecule has 1 heterocycles. The summed E-state index contributed by atoms with van der Waals surface area (Å²) in [4.78, 5) is 2.20. The van der Waals surface area contributed by atoms with E-state index in [9.17, 15) is 9.50 Å². The van der Waals surface area contributed by atoms with Gasteiger partial charge in [-0.15, -0.1) is 11.6 Å². The first-order chi connectivity index (χ1) is 9.84. The van der Waals surface area contributed by atoms with E-state index in [4.69, 9.17) is 11.6 Å². The number of aromatic hydroxyl groups is 1. The molecule has 1 unspecified atom stereocenters. The number of benzene rings is 2. The number of anilines is 1. The predicted molar refractivity (Wildman–Crippen MR) is 86.1 cm³/mol. The molecule has 0 saturated heterocycles. The van der Waals surface area contributed by atoms with Crippen LogP contribution in [0.25, 0.3) is 10.8 Å². The highest BCUT2D eigenvalue weighted by atomic mass is 35.5. The van der Waals surface area contributed by atoms with Crippen molar-refractivity contribution in [3.8, 4) is 5.75 Å². The molecule has 0 aliphatic carbocycles. The summed E-state index contributed by atoms with van der Waals surface area (Å²) in [6.07, 6.45) is 0. The fourth-order valence-electron chi connectivity index (χ4n) is 3.23. The van der Waals surface area contributed by atoms with Crippen molar-refractivity contribution in [3.05, 3.63) is 35.6 Å². The Morgan fingerprint density at radius 1 is 1.38 bits per heavy atom. The molecule has 0 aromatic heterocycles. The molecule has 2 nitrogen and oxygen atoms in total. The summed E-state index contributed by atoms with van der Waals surface area (Å²) in [7, 11) is 0. The smallest absolute Gasteiger partial charge is 0.131 e. The molecule has 0 bridgehead atoms. The third kappa shape index (κ3) is 2.15. The molecule has 1 N–H and O–H groups in total. The van der Waals surface area contributed by atoms with E-state index in [2.05, 4.69) is 25.7 Å². The maximum atomic E-state index is 14.4. The number of alkyl halides is 1. The largest absolute Gasteiger partial charge is 0.507 e. The third-order valence-corrected chi connectivity index (χ3v) is 4.58. The molecule has 0 amide bonds. The number of fused-ring (bicyclic) bond motifs is 3. The standard InChI is InChI=1S/C17H19ClFNO/c1-17(2,3)20-9-10(8-18)15-13(20)7-14(21)11-5-4-6-12(19)16(11)15/h4-7,10,21H,8-9H2,1-3H3. The van der Waals surface area contributed by atoms with E-state index < -0.39 is 0 Å². The van der Waals surface area contributed by atoms with Gasteiger partial charge in [0.05, 0.1) is 0 Å². The molecule has 0 spiro atoms. The zero-order valence-corrected chi connectivity index (χ0v) is 13.2. The second-order valence-corrected chi connectivity index (χ2v) is 6.93. The van der Waals surface area contributed by atoms with Crippen LogP contribution >= 0.6 is 11.6 Å². The van der Waals surface area contributed by atoms with Crippen molar-refractivity contribution in [1.29, 1.82) is 0 Å². The summed E-state index contributed by atoms with van der Waals surface area (Å²) in [5.74, 6) is 0.326. The van der Waals surface area contributed by atoms with Crippen LogP contribution in [0.5, 0.6) is 5.75 Å². The van der Waals surface area contributed by atoms with Gasteiger partial charge < -0.3 is 10.0 Å². The van der Waals surface area contributed by atoms with E-state index in [1.54, 1.807) is 18.2 Å². The minimum absolute atomic E-state index is 0.0703. The fourth-order valence-corrected chi connectivity index (χ4v) is 3.48. The fraction of sp³-hybridized carbons (Fsp3) is 0.412. The number of hydrogen-bond donors (Lipinski definition) is 1. The van der Waals surface area contributed by atoms with Crippen LogP contribution < -0.4 is 4.90 Å².